The van der Waals surface area contributed by atoms with Gasteiger partial charge in [-0.2, -0.15) is 0 Å². The molecule has 3 N–H and O–H groups in total. The van der Waals surface area contributed by atoms with Crippen LogP contribution in [0.5, 0.6) is 0 Å². The first-order chi connectivity index (χ1) is 8.96. The second-order valence-electron chi connectivity index (χ2n) is 5.03. The lowest BCUT2D eigenvalue weighted by Gasteiger charge is -2.19. The Bertz CT molecular complexity index is 524. The minimum Gasteiger partial charge on any atom is -0.399 e. The fourth-order valence-electron chi connectivity index (χ4n) is 2.27. The van der Waals surface area contributed by atoms with Crippen LogP contribution >= 0.6 is 0 Å². The predicted octanol–water partition coefficient (Wildman–Crippen LogP) is 1.11. The van der Waals surface area contributed by atoms with Crippen LogP contribution < -0.4 is 10.5 Å². The van der Waals surface area contributed by atoms with Gasteiger partial charge in [-0.15, -0.1) is 0 Å². The number of nitrogens with two attached hydrogens (primary N) is 1. The smallest absolute Gasteiger partial charge is 0.216 e. The van der Waals surface area contributed by atoms with Crippen molar-refractivity contribution in [2.75, 3.05) is 18.9 Å². The number of benzene rings is 1. The van der Waals surface area contributed by atoms with Crippen LogP contribution in [-0.4, -0.2) is 27.7 Å². The van der Waals surface area contributed by atoms with Gasteiger partial charge in [0, 0.05) is 24.3 Å². The number of sulfonamides is 1. The van der Waals surface area contributed by atoms with Crippen LogP contribution in [0.1, 0.15) is 18.9 Å². The van der Waals surface area contributed by atoms with Crippen molar-refractivity contribution in [1.82, 2.24) is 4.72 Å². The number of rotatable bonds is 5. The minimum atomic E-state index is -3.35. The van der Waals surface area contributed by atoms with E-state index in [2.05, 4.69) is 4.72 Å². The van der Waals surface area contributed by atoms with E-state index in [1.165, 1.54) is 0 Å². The molecule has 1 aliphatic heterocycles. The molecule has 1 aromatic rings. The highest BCUT2D eigenvalue weighted by molar-refractivity contribution is 7.88. The molecule has 1 saturated heterocycles. The number of hydrogen-bond acceptors (Lipinski definition) is 4. The van der Waals surface area contributed by atoms with Crippen molar-refractivity contribution in [3.05, 3.63) is 29.8 Å². The van der Waals surface area contributed by atoms with Crippen LogP contribution in [0.3, 0.4) is 0 Å². The van der Waals surface area contributed by atoms with Crippen molar-refractivity contribution in [2.24, 2.45) is 5.92 Å². The van der Waals surface area contributed by atoms with E-state index in [0.717, 1.165) is 6.42 Å². The largest absolute Gasteiger partial charge is 0.399 e. The van der Waals surface area contributed by atoms with Crippen LogP contribution in [0.4, 0.5) is 5.69 Å². The molecule has 2 unspecified atom stereocenters. The van der Waals surface area contributed by atoms with E-state index < -0.39 is 10.0 Å². The van der Waals surface area contributed by atoms with Crippen LogP contribution in [0, 0.1) is 5.92 Å². The molecule has 1 aliphatic rings. The summed E-state index contributed by atoms with van der Waals surface area (Å²) in [6, 6.07) is 6.84. The fourth-order valence-corrected chi connectivity index (χ4v) is 3.73. The Balaban J connectivity index is 1.98. The van der Waals surface area contributed by atoms with Gasteiger partial charge in [0.25, 0.3) is 0 Å². The van der Waals surface area contributed by atoms with Gasteiger partial charge < -0.3 is 10.5 Å². The first-order valence-corrected chi connectivity index (χ1v) is 8.04. The van der Waals surface area contributed by atoms with E-state index in [4.69, 9.17) is 10.5 Å². The van der Waals surface area contributed by atoms with Gasteiger partial charge in [-0.3, -0.25) is 0 Å². The maximum atomic E-state index is 12.1. The highest BCUT2D eigenvalue weighted by atomic mass is 32.2. The molecule has 5 nitrogen and oxygen atoms in total. The van der Waals surface area contributed by atoms with Crippen molar-refractivity contribution in [3.63, 3.8) is 0 Å². The molecule has 6 heteroatoms. The third kappa shape index (κ3) is 4.19. The van der Waals surface area contributed by atoms with Crippen LogP contribution in [0.15, 0.2) is 24.3 Å². The summed E-state index contributed by atoms with van der Waals surface area (Å²) >= 11 is 0. The van der Waals surface area contributed by atoms with Crippen molar-refractivity contribution in [1.29, 1.82) is 0 Å². The standard InChI is InChI=1S/C13H20N2O3S/c1-10(12-5-6-18-8-12)15-19(16,17)9-11-3-2-4-13(14)7-11/h2-4,7,10,12,15H,5-6,8-9,14H2,1H3. The van der Waals surface area contributed by atoms with E-state index in [-0.39, 0.29) is 17.7 Å². The molecular formula is C13H20N2O3S. The molecule has 0 saturated carbocycles. The molecule has 0 bridgehead atoms. The van der Waals surface area contributed by atoms with Gasteiger partial charge >= 0.3 is 0 Å². The topological polar surface area (TPSA) is 81.4 Å². The monoisotopic (exact) mass is 284 g/mol. The van der Waals surface area contributed by atoms with E-state index in [1.807, 2.05) is 6.92 Å². The van der Waals surface area contributed by atoms with E-state index >= 15 is 0 Å². The third-order valence-corrected chi connectivity index (χ3v) is 4.79. The molecule has 1 heterocycles. The Hall–Kier alpha value is -1.11. The first kappa shape index (κ1) is 14.3. The molecule has 0 radical (unpaired) electrons. The van der Waals surface area contributed by atoms with Gasteiger partial charge in [0.05, 0.1) is 12.4 Å². The van der Waals surface area contributed by atoms with Crippen LogP contribution in [0.2, 0.25) is 0 Å². The van der Waals surface area contributed by atoms with E-state index in [1.54, 1.807) is 24.3 Å². The van der Waals surface area contributed by atoms with E-state index in [0.29, 0.717) is 24.5 Å². The number of hydrogen-bond donors (Lipinski definition) is 2. The Kier molecular flexibility index (Phi) is 4.44. The number of nitrogens with one attached hydrogen (secondary N) is 1. The zero-order valence-electron chi connectivity index (χ0n) is 11.0. The molecule has 106 valence electrons. The summed E-state index contributed by atoms with van der Waals surface area (Å²) in [6.07, 6.45) is 0.905. The second-order valence-corrected chi connectivity index (χ2v) is 6.79. The Morgan fingerprint density at radius 1 is 1.53 bits per heavy atom. The highest BCUT2D eigenvalue weighted by Crippen LogP contribution is 2.18. The van der Waals surface area contributed by atoms with Gasteiger partial charge in [0.1, 0.15) is 0 Å². The molecule has 0 aromatic heterocycles. The predicted molar refractivity (Wildman–Crippen MR) is 75.0 cm³/mol. The summed E-state index contributed by atoms with van der Waals surface area (Å²) in [6.45, 7) is 3.23. The van der Waals surface area contributed by atoms with Gasteiger partial charge in [-0.25, -0.2) is 13.1 Å². The maximum absolute atomic E-state index is 12.1. The molecule has 1 fully saturated rings. The van der Waals surface area contributed by atoms with Crippen molar-refractivity contribution in [3.8, 4) is 0 Å². The first-order valence-electron chi connectivity index (χ1n) is 6.38. The fraction of sp³-hybridized carbons (Fsp3) is 0.538. The normalized spacial score (nSPS) is 21.4. The number of anilines is 1. The highest BCUT2D eigenvalue weighted by Gasteiger charge is 2.25. The summed E-state index contributed by atoms with van der Waals surface area (Å²) in [7, 11) is -3.35. The molecule has 19 heavy (non-hydrogen) atoms. The number of ether oxygens (including phenoxy) is 1. The lowest BCUT2D eigenvalue weighted by atomic mass is 10.0. The van der Waals surface area contributed by atoms with Gasteiger partial charge in [0.15, 0.2) is 0 Å². The molecule has 0 spiro atoms. The van der Waals surface area contributed by atoms with E-state index in [9.17, 15) is 8.42 Å². The van der Waals surface area contributed by atoms with Gasteiger partial charge in [-0.1, -0.05) is 12.1 Å². The van der Waals surface area contributed by atoms with Crippen molar-refractivity contribution >= 4 is 15.7 Å². The summed E-state index contributed by atoms with van der Waals surface area (Å²) in [4.78, 5) is 0. The molecular weight excluding hydrogens is 264 g/mol. The summed E-state index contributed by atoms with van der Waals surface area (Å²) in [5.74, 6) is 0.214. The lowest BCUT2D eigenvalue weighted by Crippen LogP contribution is -2.38. The third-order valence-electron chi connectivity index (χ3n) is 3.35. The molecule has 0 aliphatic carbocycles. The lowest BCUT2D eigenvalue weighted by molar-refractivity contribution is 0.180. The van der Waals surface area contributed by atoms with Gasteiger partial charge in [0.2, 0.25) is 10.0 Å². The Morgan fingerprint density at radius 2 is 2.32 bits per heavy atom. The SMILES string of the molecule is CC(NS(=O)(=O)Cc1cccc(N)c1)C1CCOC1. The average Bonchev–Trinajstić information content (AvgIpc) is 2.80. The molecule has 1 aromatic carbocycles. The maximum Gasteiger partial charge on any atom is 0.216 e. The van der Waals surface area contributed by atoms with Crippen molar-refractivity contribution in [2.45, 2.75) is 25.1 Å². The summed E-state index contributed by atoms with van der Waals surface area (Å²) < 4.78 is 32.2. The van der Waals surface area contributed by atoms with Crippen LogP contribution in [-0.2, 0) is 20.5 Å². The molecule has 2 atom stereocenters. The molecule has 2 rings (SSSR count). The Morgan fingerprint density at radius 3 is 2.95 bits per heavy atom. The summed E-state index contributed by atoms with van der Waals surface area (Å²) in [5, 5.41) is 0. The second kappa shape index (κ2) is 5.90. The summed E-state index contributed by atoms with van der Waals surface area (Å²) in [5.41, 5.74) is 6.92. The van der Waals surface area contributed by atoms with Crippen molar-refractivity contribution < 1.29 is 13.2 Å². The molecule has 0 amide bonds. The average molecular weight is 284 g/mol. The zero-order valence-corrected chi connectivity index (χ0v) is 11.8. The quantitative estimate of drug-likeness (QED) is 0.794. The number of nitrogen functional groups attached to an aromatic ring is 1. The minimum absolute atomic E-state index is 0.0457. The van der Waals surface area contributed by atoms with Crippen LogP contribution in [0.25, 0.3) is 0 Å². The Labute approximate surface area is 114 Å². The van der Waals surface area contributed by atoms with Gasteiger partial charge in [-0.05, 0) is 31.0 Å². The zero-order chi connectivity index (χ0) is 13.9.